The molecule has 0 saturated heterocycles. The van der Waals surface area contributed by atoms with Crippen molar-refractivity contribution in [3.05, 3.63) is 71.8 Å². The molecule has 140 valence electrons. The van der Waals surface area contributed by atoms with E-state index >= 15 is 0 Å². The SMILES string of the molecule is O=C(O)C(ON(C(F)(F)F)C(F)(F)F)(c1ccccc1)c1ccccc1. The maximum Gasteiger partial charge on any atom is 0.490 e. The first-order valence-corrected chi connectivity index (χ1v) is 6.97. The molecule has 0 aliphatic heterocycles. The summed E-state index contributed by atoms with van der Waals surface area (Å²) in [7, 11) is 0. The molecule has 0 unspecified atom stereocenters. The van der Waals surface area contributed by atoms with Gasteiger partial charge in [-0.2, -0.15) is 26.3 Å². The minimum atomic E-state index is -6.03. The third-order valence-electron chi connectivity index (χ3n) is 3.35. The molecule has 0 bridgehead atoms. The highest BCUT2D eigenvalue weighted by Gasteiger charge is 2.61. The summed E-state index contributed by atoms with van der Waals surface area (Å²) in [6, 6.07) is 12.2. The molecule has 1 N–H and O–H groups in total. The normalized spacial score (nSPS) is 13.0. The molecule has 0 spiro atoms. The average Bonchev–Trinajstić information content (AvgIpc) is 2.55. The van der Waals surface area contributed by atoms with Gasteiger partial charge in [0.15, 0.2) is 0 Å². The van der Waals surface area contributed by atoms with Crippen LogP contribution >= 0.6 is 0 Å². The molecule has 26 heavy (non-hydrogen) atoms. The third kappa shape index (κ3) is 3.81. The predicted octanol–water partition coefficient (Wildman–Crippen LogP) is 4.29. The van der Waals surface area contributed by atoms with Crippen molar-refractivity contribution in [2.45, 2.75) is 18.2 Å². The molecule has 0 amide bonds. The summed E-state index contributed by atoms with van der Waals surface area (Å²) in [6.45, 7) is 0. The zero-order chi connectivity index (χ0) is 19.6. The van der Waals surface area contributed by atoms with E-state index in [0.717, 1.165) is 24.3 Å². The van der Waals surface area contributed by atoms with Gasteiger partial charge in [0, 0.05) is 16.2 Å². The largest absolute Gasteiger partial charge is 0.490 e. The van der Waals surface area contributed by atoms with Crippen LogP contribution in [0.25, 0.3) is 0 Å². The number of hydrogen-bond acceptors (Lipinski definition) is 3. The van der Waals surface area contributed by atoms with Crippen molar-refractivity contribution in [1.82, 2.24) is 5.06 Å². The molecular weight excluding hydrogens is 368 g/mol. The Morgan fingerprint density at radius 2 is 1.12 bits per heavy atom. The van der Waals surface area contributed by atoms with Crippen LogP contribution in [0.4, 0.5) is 26.3 Å². The van der Waals surface area contributed by atoms with Gasteiger partial charge < -0.3 is 5.11 Å². The van der Waals surface area contributed by atoms with E-state index in [0.29, 0.717) is 0 Å². The topological polar surface area (TPSA) is 49.8 Å². The van der Waals surface area contributed by atoms with E-state index in [9.17, 15) is 36.2 Å². The van der Waals surface area contributed by atoms with Crippen molar-refractivity contribution in [2.24, 2.45) is 0 Å². The Bertz CT molecular complexity index is 693. The fraction of sp³-hybridized carbons (Fsp3) is 0.188. The smallest absolute Gasteiger partial charge is 0.479 e. The highest BCUT2D eigenvalue weighted by Crippen LogP contribution is 2.42. The van der Waals surface area contributed by atoms with E-state index in [2.05, 4.69) is 4.84 Å². The first-order valence-electron chi connectivity index (χ1n) is 6.97. The fourth-order valence-electron chi connectivity index (χ4n) is 2.29. The summed E-state index contributed by atoms with van der Waals surface area (Å²) >= 11 is 0. The van der Waals surface area contributed by atoms with E-state index in [4.69, 9.17) is 0 Å². The Morgan fingerprint density at radius 1 is 0.769 bits per heavy atom. The number of hydroxylamine groups is 2. The van der Waals surface area contributed by atoms with E-state index in [-0.39, 0.29) is 0 Å². The number of carboxylic acids is 1. The Balaban J connectivity index is 2.74. The Labute approximate surface area is 143 Å². The number of carboxylic acid groups (broad SMARTS) is 1. The zero-order valence-electron chi connectivity index (χ0n) is 12.8. The van der Waals surface area contributed by atoms with Crippen LogP contribution in [0.5, 0.6) is 0 Å². The van der Waals surface area contributed by atoms with Crippen LogP contribution in [0, 0.1) is 0 Å². The number of benzene rings is 2. The van der Waals surface area contributed by atoms with E-state index in [1.165, 1.54) is 36.4 Å². The molecule has 2 aromatic carbocycles. The number of hydrogen-bond donors (Lipinski definition) is 1. The maximum atomic E-state index is 12.9. The summed E-state index contributed by atoms with van der Waals surface area (Å²) < 4.78 is 77.6. The lowest BCUT2D eigenvalue weighted by Crippen LogP contribution is -2.55. The van der Waals surface area contributed by atoms with Gasteiger partial charge in [0.25, 0.3) is 0 Å². The van der Waals surface area contributed by atoms with Gasteiger partial charge in [0.2, 0.25) is 5.60 Å². The number of alkyl halides is 6. The van der Waals surface area contributed by atoms with Crippen molar-refractivity contribution in [1.29, 1.82) is 0 Å². The number of nitrogens with zero attached hydrogens (tertiary/aromatic N) is 1. The van der Waals surface area contributed by atoms with Gasteiger partial charge >= 0.3 is 18.6 Å². The lowest BCUT2D eigenvalue weighted by atomic mass is 9.86. The van der Waals surface area contributed by atoms with Crippen LogP contribution in [0.15, 0.2) is 60.7 Å². The van der Waals surface area contributed by atoms with Gasteiger partial charge in [-0.15, -0.1) is 0 Å². The lowest BCUT2D eigenvalue weighted by molar-refractivity contribution is -0.498. The second-order valence-electron chi connectivity index (χ2n) is 5.04. The molecule has 0 aliphatic rings. The number of carbonyl (C=O) groups is 1. The van der Waals surface area contributed by atoms with Crippen molar-refractivity contribution < 1.29 is 41.1 Å². The minimum Gasteiger partial charge on any atom is -0.479 e. The summed E-state index contributed by atoms with van der Waals surface area (Å²) in [4.78, 5) is 16.1. The van der Waals surface area contributed by atoms with Gasteiger partial charge in [-0.1, -0.05) is 60.7 Å². The van der Waals surface area contributed by atoms with Crippen LogP contribution in [0.2, 0.25) is 0 Å². The van der Waals surface area contributed by atoms with Gasteiger partial charge in [-0.25, -0.2) is 4.79 Å². The van der Waals surface area contributed by atoms with Crippen molar-refractivity contribution in [3.63, 3.8) is 0 Å². The molecule has 0 fully saturated rings. The molecule has 2 aromatic rings. The maximum absolute atomic E-state index is 12.9. The fourth-order valence-corrected chi connectivity index (χ4v) is 2.29. The monoisotopic (exact) mass is 379 g/mol. The average molecular weight is 379 g/mol. The van der Waals surface area contributed by atoms with Crippen molar-refractivity contribution in [2.75, 3.05) is 0 Å². The molecule has 10 heteroatoms. The van der Waals surface area contributed by atoms with E-state index in [1.54, 1.807) is 0 Å². The van der Waals surface area contributed by atoms with Crippen LogP contribution in [-0.2, 0) is 15.2 Å². The predicted molar refractivity (Wildman–Crippen MR) is 76.3 cm³/mol. The van der Waals surface area contributed by atoms with Crippen molar-refractivity contribution >= 4 is 5.97 Å². The molecule has 0 radical (unpaired) electrons. The van der Waals surface area contributed by atoms with Gasteiger partial charge in [-0.05, 0) is 0 Å². The first-order chi connectivity index (χ1) is 12.0. The minimum absolute atomic E-state index is 0.419. The standard InChI is InChI=1S/C16H11F6NO3/c17-15(18,19)23(16(20,21)22)26-14(13(24)25,11-7-3-1-4-8-11)12-9-5-2-6-10-12/h1-10H,(H,24,25). The molecule has 0 saturated carbocycles. The molecule has 4 nitrogen and oxygen atoms in total. The molecular formula is C16H11F6NO3. The summed E-state index contributed by atoms with van der Waals surface area (Å²) in [5.41, 5.74) is -3.91. The summed E-state index contributed by atoms with van der Waals surface area (Å²) in [6.07, 6.45) is -12.1. The summed E-state index contributed by atoms with van der Waals surface area (Å²) in [5.74, 6) is -2.05. The van der Waals surface area contributed by atoms with Crippen LogP contribution in [0.3, 0.4) is 0 Å². The van der Waals surface area contributed by atoms with Crippen LogP contribution in [-0.4, -0.2) is 28.7 Å². The second kappa shape index (κ2) is 6.96. The molecule has 0 atom stereocenters. The van der Waals surface area contributed by atoms with E-state index in [1.807, 2.05) is 0 Å². The lowest BCUT2D eigenvalue weighted by Gasteiger charge is -2.36. The van der Waals surface area contributed by atoms with Crippen LogP contribution in [0.1, 0.15) is 11.1 Å². The highest BCUT2D eigenvalue weighted by atomic mass is 19.4. The third-order valence-corrected chi connectivity index (χ3v) is 3.35. The quantitative estimate of drug-likeness (QED) is 0.479. The van der Waals surface area contributed by atoms with E-state index < -0.39 is 40.4 Å². The Kier molecular flexibility index (Phi) is 5.28. The van der Waals surface area contributed by atoms with Crippen LogP contribution < -0.4 is 0 Å². The van der Waals surface area contributed by atoms with Gasteiger partial charge in [-0.3, -0.25) is 4.84 Å². The molecule has 0 aromatic heterocycles. The second-order valence-corrected chi connectivity index (χ2v) is 5.04. The Morgan fingerprint density at radius 3 is 1.38 bits per heavy atom. The molecule has 0 heterocycles. The highest BCUT2D eigenvalue weighted by molar-refractivity contribution is 5.84. The summed E-state index contributed by atoms with van der Waals surface area (Å²) in [5, 5.41) is 7.41. The zero-order valence-corrected chi connectivity index (χ0v) is 12.8. The number of aliphatic carboxylic acids is 1. The van der Waals surface area contributed by atoms with Gasteiger partial charge in [0.1, 0.15) is 0 Å². The van der Waals surface area contributed by atoms with Gasteiger partial charge in [0.05, 0.1) is 0 Å². The number of halogens is 6. The van der Waals surface area contributed by atoms with Crippen molar-refractivity contribution in [3.8, 4) is 0 Å². The molecule has 2 rings (SSSR count). The molecule has 0 aliphatic carbocycles. The first kappa shape index (κ1) is 19.7. The number of rotatable bonds is 5. The Hall–Kier alpha value is -2.59.